The van der Waals surface area contributed by atoms with E-state index in [1.54, 1.807) is 0 Å². The Morgan fingerprint density at radius 1 is 1.50 bits per heavy atom. The van der Waals surface area contributed by atoms with Crippen molar-refractivity contribution in [3.8, 4) is 0 Å². The van der Waals surface area contributed by atoms with Crippen molar-refractivity contribution in [1.29, 1.82) is 0 Å². The number of fused-ring (bicyclic) bond motifs is 2. The summed E-state index contributed by atoms with van der Waals surface area (Å²) in [6.07, 6.45) is -1.38. The van der Waals surface area contributed by atoms with Gasteiger partial charge in [0.1, 0.15) is 5.78 Å². The zero-order valence-corrected chi connectivity index (χ0v) is 8.43. The van der Waals surface area contributed by atoms with Gasteiger partial charge < -0.3 is 14.9 Å². The van der Waals surface area contributed by atoms with Gasteiger partial charge in [-0.05, 0) is 13.3 Å². The molecule has 0 unspecified atom stereocenters. The van der Waals surface area contributed by atoms with E-state index in [4.69, 9.17) is 4.74 Å². The molecule has 0 aromatic heterocycles. The predicted molar refractivity (Wildman–Crippen MR) is 48.6 cm³/mol. The summed E-state index contributed by atoms with van der Waals surface area (Å²) in [5.41, 5.74) is -0.379. The summed E-state index contributed by atoms with van der Waals surface area (Å²) in [5, 5.41) is 19.7. The molecule has 2 aliphatic rings. The van der Waals surface area contributed by atoms with Gasteiger partial charge >= 0.3 is 0 Å². The lowest BCUT2D eigenvalue weighted by atomic mass is 9.68. The number of aliphatic hydroxyl groups is 2. The molecule has 2 N–H and O–H groups in total. The van der Waals surface area contributed by atoms with Gasteiger partial charge in [0, 0.05) is 5.41 Å². The van der Waals surface area contributed by atoms with Crippen molar-refractivity contribution in [2.45, 2.75) is 38.6 Å². The van der Waals surface area contributed by atoms with Crippen molar-refractivity contribution < 1.29 is 19.7 Å². The molecule has 5 atom stereocenters. The Bertz CT molecular complexity index is 265. The quantitative estimate of drug-likeness (QED) is 0.611. The van der Waals surface area contributed by atoms with Gasteiger partial charge in [0.05, 0.1) is 30.8 Å². The molecule has 4 nitrogen and oxygen atoms in total. The normalized spacial score (nSPS) is 52.0. The van der Waals surface area contributed by atoms with Gasteiger partial charge in [-0.15, -0.1) is 0 Å². The van der Waals surface area contributed by atoms with Crippen molar-refractivity contribution in [2.24, 2.45) is 11.3 Å². The second-order valence-electron chi connectivity index (χ2n) is 4.78. The SMILES string of the molecule is CC(=O)[C@H]1[C@@H](O)[C@@H](O)[C@]2(C)CO[C@H]1C2. The van der Waals surface area contributed by atoms with E-state index < -0.39 is 18.1 Å². The molecule has 1 aliphatic carbocycles. The van der Waals surface area contributed by atoms with Crippen LogP contribution in [0.15, 0.2) is 0 Å². The van der Waals surface area contributed by atoms with Gasteiger partial charge in [-0.25, -0.2) is 0 Å². The van der Waals surface area contributed by atoms with E-state index in [2.05, 4.69) is 0 Å². The fourth-order valence-electron chi connectivity index (χ4n) is 2.64. The number of carbonyl (C=O) groups is 1. The molecule has 2 fully saturated rings. The van der Waals surface area contributed by atoms with Crippen LogP contribution in [0, 0.1) is 11.3 Å². The molecule has 0 radical (unpaired) electrons. The molecule has 80 valence electrons. The minimum Gasteiger partial charge on any atom is -0.390 e. The van der Waals surface area contributed by atoms with Crippen LogP contribution in [0.2, 0.25) is 0 Å². The van der Waals surface area contributed by atoms with Gasteiger partial charge in [0.2, 0.25) is 0 Å². The lowest BCUT2D eigenvalue weighted by molar-refractivity contribution is -0.143. The standard InChI is InChI=1S/C10H16O4/c1-5(11)7-6-3-10(2,4-14-6)9(13)8(7)12/h6-9,12-13H,3-4H2,1-2H3/t6-,7+,8+,9+,10-/m0/s1. The largest absolute Gasteiger partial charge is 0.390 e. The van der Waals surface area contributed by atoms with Gasteiger partial charge in [0.25, 0.3) is 0 Å². The van der Waals surface area contributed by atoms with E-state index in [9.17, 15) is 15.0 Å². The van der Waals surface area contributed by atoms with Crippen molar-refractivity contribution in [3.05, 3.63) is 0 Å². The molecule has 1 saturated heterocycles. The number of aliphatic hydroxyl groups excluding tert-OH is 2. The van der Waals surface area contributed by atoms with Crippen LogP contribution in [0.5, 0.6) is 0 Å². The molecular formula is C10H16O4. The summed E-state index contributed by atoms with van der Waals surface area (Å²) in [4.78, 5) is 11.3. The average Bonchev–Trinajstić information content (AvgIpc) is 2.43. The maximum atomic E-state index is 11.3. The first-order chi connectivity index (χ1) is 6.46. The molecule has 0 spiro atoms. The number of hydrogen-bond acceptors (Lipinski definition) is 4. The summed E-state index contributed by atoms with van der Waals surface area (Å²) < 4.78 is 5.45. The van der Waals surface area contributed by atoms with Crippen LogP contribution in [0.1, 0.15) is 20.3 Å². The molecular weight excluding hydrogens is 184 g/mol. The van der Waals surface area contributed by atoms with Crippen molar-refractivity contribution in [3.63, 3.8) is 0 Å². The molecule has 1 heterocycles. The third-order valence-electron chi connectivity index (χ3n) is 3.57. The number of hydrogen-bond donors (Lipinski definition) is 2. The fourth-order valence-corrected chi connectivity index (χ4v) is 2.64. The second kappa shape index (κ2) is 3.02. The second-order valence-corrected chi connectivity index (χ2v) is 4.78. The van der Waals surface area contributed by atoms with Crippen LogP contribution < -0.4 is 0 Å². The molecule has 0 aromatic carbocycles. The summed E-state index contributed by atoms with van der Waals surface area (Å²) in [6.45, 7) is 3.75. The van der Waals surface area contributed by atoms with E-state index >= 15 is 0 Å². The summed E-state index contributed by atoms with van der Waals surface area (Å²) in [5.74, 6) is -0.661. The molecule has 14 heavy (non-hydrogen) atoms. The third-order valence-corrected chi connectivity index (χ3v) is 3.57. The summed E-state index contributed by atoms with van der Waals surface area (Å²) in [7, 11) is 0. The minimum absolute atomic E-state index is 0.106. The van der Waals surface area contributed by atoms with Gasteiger partial charge in [-0.1, -0.05) is 6.92 Å². The number of rotatable bonds is 1. The first kappa shape index (κ1) is 10.1. The van der Waals surface area contributed by atoms with Crippen LogP contribution in [-0.2, 0) is 9.53 Å². The molecule has 2 bridgehead atoms. The average molecular weight is 200 g/mol. The highest BCUT2D eigenvalue weighted by atomic mass is 16.5. The molecule has 0 aromatic rings. The van der Waals surface area contributed by atoms with E-state index in [1.165, 1.54) is 6.92 Å². The highest BCUT2D eigenvalue weighted by Gasteiger charge is 2.56. The van der Waals surface area contributed by atoms with Crippen molar-refractivity contribution in [1.82, 2.24) is 0 Å². The van der Waals surface area contributed by atoms with Gasteiger partial charge in [0.15, 0.2) is 0 Å². The van der Waals surface area contributed by atoms with E-state index in [1.807, 2.05) is 6.92 Å². The molecule has 2 rings (SSSR count). The topological polar surface area (TPSA) is 66.8 Å². The zero-order chi connectivity index (χ0) is 10.5. The minimum atomic E-state index is -0.973. The monoisotopic (exact) mass is 200 g/mol. The molecule has 1 aliphatic heterocycles. The Kier molecular flexibility index (Phi) is 2.17. The van der Waals surface area contributed by atoms with Crippen LogP contribution >= 0.6 is 0 Å². The zero-order valence-electron chi connectivity index (χ0n) is 8.43. The Morgan fingerprint density at radius 2 is 2.14 bits per heavy atom. The first-order valence-electron chi connectivity index (χ1n) is 4.94. The van der Waals surface area contributed by atoms with Crippen molar-refractivity contribution in [2.75, 3.05) is 6.61 Å². The van der Waals surface area contributed by atoms with Gasteiger partial charge in [-0.2, -0.15) is 0 Å². The van der Waals surface area contributed by atoms with Crippen LogP contribution in [0.3, 0.4) is 0 Å². The molecule has 1 saturated carbocycles. The Balaban J connectivity index is 2.29. The smallest absolute Gasteiger partial charge is 0.138 e. The van der Waals surface area contributed by atoms with Crippen LogP contribution in [-0.4, -0.2) is 40.9 Å². The van der Waals surface area contributed by atoms with Crippen LogP contribution in [0.4, 0.5) is 0 Å². The highest BCUT2D eigenvalue weighted by molar-refractivity contribution is 5.80. The maximum Gasteiger partial charge on any atom is 0.138 e. The first-order valence-corrected chi connectivity index (χ1v) is 4.94. The summed E-state index contributed by atoms with van der Waals surface area (Å²) in [6, 6.07) is 0. The fraction of sp³-hybridized carbons (Fsp3) is 0.900. The lowest BCUT2D eigenvalue weighted by Gasteiger charge is -2.40. The van der Waals surface area contributed by atoms with E-state index in [0.717, 1.165) is 0 Å². The number of ether oxygens (including phenoxy) is 1. The summed E-state index contributed by atoms with van der Waals surface area (Å²) >= 11 is 0. The van der Waals surface area contributed by atoms with E-state index in [0.29, 0.717) is 13.0 Å². The lowest BCUT2D eigenvalue weighted by Crippen LogP contribution is -2.53. The Morgan fingerprint density at radius 3 is 2.71 bits per heavy atom. The van der Waals surface area contributed by atoms with Crippen molar-refractivity contribution >= 4 is 5.78 Å². The molecule has 4 heteroatoms. The van der Waals surface area contributed by atoms with Gasteiger partial charge in [-0.3, -0.25) is 4.79 Å². The Labute approximate surface area is 82.9 Å². The number of ketones is 1. The Hall–Kier alpha value is -0.450. The highest BCUT2D eigenvalue weighted by Crippen LogP contribution is 2.46. The predicted octanol–water partition coefficient (Wildman–Crippen LogP) is -0.278. The molecule has 0 amide bonds. The maximum absolute atomic E-state index is 11.3. The van der Waals surface area contributed by atoms with E-state index in [-0.39, 0.29) is 17.3 Å². The number of Topliss-reactive ketones (excluding diaryl/α,β-unsaturated/α-hetero) is 1. The third kappa shape index (κ3) is 1.21. The van der Waals surface area contributed by atoms with Crippen LogP contribution in [0.25, 0.3) is 0 Å². The number of carbonyl (C=O) groups excluding carboxylic acids is 1.